The monoisotopic (exact) mass is 677 g/mol. The van der Waals surface area contributed by atoms with Crippen LogP contribution in [0.3, 0.4) is 0 Å². The van der Waals surface area contributed by atoms with Gasteiger partial charge < -0.3 is 23.8 Å². The van der Waals surface area contributed by atoms with E-state index in [-0.39, 0.29) is 57.8 Å². The van der Waals surface area contributed by atoms with Crippen molar-refractivity contribution >= 4 is 27.5 Å². The highest BCUT2D eigenvalue weighted by molar-refractivity contribution is 7.93. The number of carbonyl (C=O) groups is 2. The van der Waals surface area contributed by atoms with E-state index in [9.17, 15) is 26.4 Å². The zero-order valence-corrected chi connectivity index (χ0v) is 27.1. The number of carbonyl (C=O) groups excluding carboxylic acids is 2. The number of hydrogen-bond acceptors (Lipinski definition) is 9. The molecule has 1 saturated heterocycles. The van der Waals surface area contributed by atoms with Gasteiger partial charge >= 0.3 is 6.36 Å². The number of alkyl halides is 3. The Balaban J connectivity index is 1.85. The summed E-state index contributed by atoms with van der Waals surface area (Å²) in [5.41, 5.74) is -2.17. The number of sulfonamides is 1. The molecule has 0 spiro atoms. The molecule has 3 aromatic carbocycles. The van der Waals surface area contributed by atoms with E-state index in [0.29, 0.717) is 17.1 Å². The molecule has 2 amide bonds. The van der Waals surface area contributed by atoms with Crippen LogP contribution in [0.2, 0.25) is 0 Å². The molecule has 0 bridgehead atoms. The number of hydrogen-bond donors (Lipinski definition) is 0. The number of para-hydroxylation sites is 1. The van der Waals surface area contributed by atoms with E-state index in [4.69, 9.17) is 14.2 Å². The first-order valence-corrected chi connectivity index (χ1v) is 16.0. The Labute approximate surface area is 270 Å². The number of rotatable bonds is 10. The molecule has 2 atom stereocenters. The highest BCUT2D eigenvalue weighted by Crippen LogP contribution is 2.55. The van der Waals surface area contributed by atoms with Crippen LogP contribution in [-0.2, 0) is 25.2 Å². The minimum absolute atomic E-state index is 0.0374. The van der Waals surface area contributed by atoms with Gasteiger partial charge in [0.15, 0.2) is 5.54 Å². The van der Waals surface area contributed by atoms with E-state index < -0.39 is 39.6 Å². The quantitative estimate of drug-likeness (QED) is 0.305. The number of nitrogens with zero attached hydrogens (tertiary/aromatic N) is 3. The molecular formula is C32H34F3N3O8S. The molecular weight excluding hydrogens is 643 g/mol. The van der Waals surface area contributed by atoms with E-state index in [1.165, 1.54) is 44.4 Å². The molecule has 2 aliphatic rings. The second-order valence-corrected chi connectivity index (χ2v) is 13.0. The first-order chi connectivity index (χ1) is 22.2. The average Bonchev–Trinajstić information content (AvgIpc) is 3.59. The summed E-state index contributed by atoms with van der Waals surface area (Å²) in [7, 11) is 2.38. The summed E-state index contributed by atoms with van der Waals surface area (Å²) in [5, 5.41) is 0. The van der Waals surface area contributed by atoms with Crippen molar-refractivity contribution in [3.8, 4) is 23.0 Å². The lowest BCUT2D eigenvalue weighted by molar-refractivity contribution is -0.274. The van der Waals surface area contributed by atoms with Crippen molar-refractivity contribution in [2.75, 3.05) is 46.3 Å². The molecule has 0 N–H and O–H groups in total. The van der Waals surface area contributed by atoms with Crippen molar-refractivity contribution in [1.82, 2.24) is 9.80 Å². The van der Waals surface area contributed by atoms with Crippen LogP contribution in [0.25, 0.3) is 0 Å². The Morgan fingerprint density at radius 1 is 0.936 bits per heavy atom. The van der Waals surface area contributed by atoms with Gasteiger partial charge in [0.05, 0.1) is 27.0 Å². The Hall–Kier alpha value is -4.50. The maximum Gasteiger partial charge on any atom is 0.573 e. The third-order valence-electron chi connectivity index (χ3n) is 8.41. The predicted molar refractivity (Wildman–Crippen MR) is 164 cm³/mol. The SMILES string of the molecule is COc1ccc(S(=O)(=O)N2C(=O)C(c3ccccc3OC)(N3CCC[C@H]3CC(=O)N(C)C)c3cc(OC(F)(F)F)ccc32)c(OC)c1. The fraction of sp³-hybridized carbons (Fsp3) is 0.375. The van der Waals surface area contributed by atoms with Gasteiger partial charge in [0.1, 0.15) is 27.9 Å². The zero-order chi connectivity index (χ0) is 34.3. The van der Waals surface area contributed by atoms with Gasteiger partial charge in [-0.25, -0.2) is 12.7 Å². The van der Waals surface area contributed by atoms with Gasteiger partial charge in [-0.3, -0.25) is 14.5 Å². The third-order valence-corrected chi connectivity index (χ3v) is 10.1. The van der Waals surface area contributed by atoms with Crippen LogP contribution in [0, 0.1) is 0 Å². The number of fused-ring (bicyclic) bond motifs is 1. The Kier molecular flexibility index (Phi) is 9.08. The lowest BCUT2D eigenvalue weighted by Crippen LogP contribution is -2.57. The highest BCUT2D eigenvalue weighted by atomic mass is 32.2. The minimum atomic E-state index is -5.08. The average molecular weight is 678 g/mol. The van der Waals surface area contributed by atoms with Gasteiger partial charge in [-0.1, -0.05) is 18.2 Å². The predicted octanol–water partition coefficient (Wildman–Crippen LogP) is 4.53. The molecule has 0 aromatic heterocycles. The van der Waals surface area contributed by atoms with Crippen LogP contribution in [0.15, 0.2) is 65.6 Å². The topological polar surface area (TPSA) is 115 Å². The summed E-state index contributed by atoms with van der Waals surface area (Å²) in [4.78, 5) is 31.0. The van der Waals surface area contributed by atoms with E-state index in [2.05, 4.69) is 4.74 Å². The third kappa shape index (κ3) is 5.82. The molecule has 252 valence electrons. The first kappa shape index (κ1) is 33.9. The van der Waals surface area contributed by atoms with Gasteiger partial charge in [0.2, 0.25) is 5.91 Å². The zero-order valence-electron chi connectivity index (χ0n) is 26.3. The fourth-order valence-corrected chi connectivity index (χ4v) is 7.99. The fourth-order valence-electron chi connectivity index (χ4n) is 6.39. The lowest BCUT2D eigenvalue weighted by atomic mass is 9.80. The Bertz CT molecular complexity index is 1800. The summed E-state index contributed by atoms with van der Waals surface area (Å²) in [5.74, 6) is -1.56. The number of amides is 2. The van der Waals surface area contributed by atoms with Crippen molar-refractivity contribution in [3.05, 3.63) is 71.8 Å². The lowest BCUT2D eigenvalue weighted by Gasteiger charge is -2.42. The van der Waals surface area contributed by atoms with Crippen molar-refractivity contribution < 1.29 is 50.1 Å². The number of benzene rings is 3. The van der Waals surface area contributed by atoms with Gasteiger partial charge in [-0.15, -0.1) is 13.2 Å². The van der Waals surface area contributed by atoms with Crippen LogP contribution in [0.4, 0.5) is 18.9 Å². The molecule has 2 aliphatic heterocycles. The molecule has 47 heavy (non-hydrogen) atoms. The molecule has 0 aliphatic carbocycles. The summed E-state index contributed by atoms with van der Waals surface area (Å²) in [6.45, 7) is 0.207. The van der Waals surface area contributed by atoms with Crippen molar-refractivity contribution in [3.63, 3.8) is 0 Å². The molecule has 0 saturated carbocycles. The van der Waals surface area contributed by atoms with Crippen LogP contribution < -0.4 is 23.3 Å². The standard InChI is InChI=1S/C32H34F3N3O8S/c1-36(2)29(39)17-20-9-8-16-37(20)31(23-10-6-7-11-26(23)44-4)24-18-22(46-32(33,34)35)12-14-25(24)38(30(31)40)47(41,42)28-15-13-21(43-3)19-27(28)45-5/h6-7,10-15,18-20H,8-9,16-17H2,1-5H3/t20-,31?/m0/s1. The van der Waals surface area contributed by atoms with Crippen molar-refractivity contribution in [1.29, 1.82) is 0 Å². The molecule has 11 nitrogen and oxygen atoms in total. The van der Waals surface area contributed by atoms with Gasteiger partial charge in [-0.2, -0.15) is 0 Å². The van der Waals surface area contributed by atoms with Crippen LogP contribution >= 0.6 is 0 Å². The number of likely N-dealkylation sites (tertiary alicyclic amines) is 1. The first-order valence-electron chi connectivity index (χ1n) is 14.5. The van der Waals surface area contributed by atoms with Gasteiger partial charge in [0, 0.05) is 50.3 Å². The molecule has 2 heterocycles. The molecule has 15 heteroatoms. The van der Waals surface area contributed by atoms with Crippen LogP contribution in [-0.4, -0.2) is 84.4 Å². The van der Waals surface area contributed by atoms with Crippen molar-refractivity contribution in [2.24, 2.45) is 0 Å². The largest absolute Gasteiger partial charge is 0.573 e. The Morgan fingerprint density at radius 2 is 1.62 bits per heavy atom. The van der Waals surface area contributed by atoms with Gasteiger partial charge in [-0.05, 0) is 49.2 Å². The number of halogens is 3. The number of methoxy groups -OCH3 is 3. The van der Waals surface area contributed by atoms with Crippen LogP contribution in [0.1, 0.15) is 30.4 Å². The summed E-state index contributed by atoms with van der Waals surface area (Å²) in [6, 6.07) is 12.8. The Morgan fingerprint density at radius 3 is 2.26 bits per heavy atom. The highest BCUT2D eigenvalue weighted by Gasteiger charge is 2.62. The molecule has 3 aromatic rings. The molecule has 0 radical (unpaired) electrons. The second kappa shape index (κ2) is 12.6. The molecule has 5 rings (SSSR count). The molecule has 1 unspecified atom stereocenters. The van der Waals surface area contributed by atoms with Crippen LogP contribution in [0.5, 0.6) is 23.0 Å². The number of ether oxygens (including phenoxy) is 4. The van der Waals surface area contributed by atoms with Gasteiger partial charge in [0.25, 0.3) is 15.9 Å². The van der Waals surface area contributed by atoms with Crippen molar-refractivity contribution in [2.45, 2.75) is 42.1 Å². The van der Waals surface area contributed by atoms with E-state index in [1.54, 1.807) is 43.3 Å². The van der Waals surface area contributed by atoms with E-state index >= 15 is 4.79 Å². The number of anilines is 1. The molecule has 1 fully saturated rings. The maximum atomic E-state index is 15.3. The second-order valence-electron chi connectivity index (χ2n) is 11.2. The van der Waals surface area contributed by atoms with E-state index in [1.807, 2.05) is 0 Å². The maximum absolute atomic E-state index is 15.3. The summed E-state index contributed by atoms with van der Waals surface area (Å²) < 4.78 is 90.9. The normalized spacial score (nSPS) is 19.8. The summed E-state index contributed by atoms with van der Waals surface area (Å²) in [6.07, 6.45) is -4.15. The minimum Gasteiger partial charge on any atom is -0.497 e. The summed E-state index contributed by atoms with van der Waals surface area (Å²) >= 11 is 0. The van der Waals surface area contributed by atoms with E-state index in [0.717, 1.165) is 18.2 Å². The smallest absolute Gasteiger partial charge is 0.497 e.